The second-order valence-electron chi connectivity index (χ2n) is 6.48. The minimum atomic E-state index is -0.249. The second-order valence-corrected chi connectivity index (χ2v) is 8.28. The fourth-order valence-corrected chi connectivity index (χ4v) is 4.81. The van der Waals surface area contributed by atoms with Crippen molar-refractivity contribution in [2.75, 3.05) is 7.05 Å². The molecular formula is C20H18FN3OS2. The quantitative estimate of drug-likeness (QED) is 0.511. The van der Waals surface area contributed by atoms with Gasteiger partial charge in [-0.2, -0.15) is 0 Å². The fraction of sp³-hybridized carbons (Fsp3) is 0.200. The Hall–Kier alpha value is -2.35. The topological polar surface area (TPSA) is 49.0 Å². The number of aromatic amines is 1. The van der Waals surface area contributed by atoms with E-state index in [2.05, 4.69) is 4.98 Å². The van der Waals surface area contributed by atoms with Gasteiger partial charge in [0.05, 0.1) is 11.4 Å². The van der Waals surface area contributed by atoms with Crippen LogP contribution in [0.5, 0.6) is 0 Å². The van der Waals surface area contributed by atoms with Crippen LogP contribution in [0.1, 0.15) is 24.4 Å². The maximum absolute atomic E-state index is 13.4. The normalized spacial score (nSPS) is 12.7. The van der Waals surface area contributed by atoms with Crippen molar-refractivity contribution in [1.82, 2.24) is 14.9 Å². The molecule has 7 heteroatoms. The molecule has 3 aromatic heterocycles. The molecule has 4 nitrogen and oxygen atoms in total. The van der Waals surface area contributed by atoms with Gasteiger partial charge in [0, 0.05) is 22.4 Å². The Kier molecular flexibility index (Phi) is 4.90. The van der Waals surface area contributed by atoms with Crippen molar-refractivity contribution in [2.24, 2.45) is 0 Å². The lowest BCUT2D eigenvalue weighted by Crippen LogP contribution is -2.25. The molecule has 0 spiro atoms. The number of nitrogens with one attached hydrogen (secondary N) is 1. The minimum Gasteiger partial charge on any atom is -0.309 e. The van der Waals surface area contributed by atoms with Crippen molar-refractivity contribution in [3.63, 3.8) is 0 Å². The second kappa shape index (κ2) is 7.34. The molecule has 4 rings (SSSR count). The average molecular weight is 400 g/mol. The molecule has 0 aliphatic rings. The van der Waals surface area contributed by atoms with E-state index in [1.54, 1.807) is 17.4 Å². The number of halogens is 1. The number of rotatable bonds is 5. The van der Waals surface area contributed by atoms with Gasteiger partial charge in [-0.25, -0.2) is 9.37 Å². The Morgan fingerprint density at radius 2 is 2.11 bits per heavy atom. The van der Waals surface area contributed by atoms with Crippen LogP contribution in [-0.4, -0.2) is 21.9 Å². The summed E-state index contributed by atoms with van der Waals surface area (Å²) in [6.45, 7) is 2.54. The molecule has 0 radical (unpaired) electrons. The van der Waals surface area contributed by atoms with Crippen molar-refractivity contribution >= 4 is 32.9 Å². The van der Waals surface area contributed by atoms with Crippen molar-refractivity contribution < 1.29 is 4.39 Å². The summed E-state index contributed by atoms with van der Waals surface area (Å²) >= 11 is 3.09. The zero-order valence-corrected chi connectivity index (χ0v) is 16.5. The first-order valence-corrected chi connectivity index (χ1v) is 10.3. The highest BCUT2D eigenvalue weighted by molar-refractivity contribution is 7.18. The van der Waals surface area contributed by atoms with Crippen LogP contribution in [0.15, 0.2) is 52.0 Å². The first kappa shape index (κ1) is 18.0. The molecule has 0 saturated heterocycles. The summed E-state index contributed by atoms with van der Waals surface area (Å²) in [7, 11) is 1.94. The number of thiophene rings is 2. The summed E-state index contributed by atoms with van der Waals surface area (Å²) in [6.07, 6.45) is 0. The smallest absolute Gasteiger partial charge is 0.260 e. The van der Waals surface area contributed by atoms with Crippen LogP contribution in [0.4, 0.5) is 4.39 Å². The third-order valence-electron chi connectivity index (χ3n) is 4.63. The highest BCUT2D eigenvalue weighted by atomic mass is 32.1. The highest BCUT2D eigenvalue weighted by Gasteiger charge is 2.19. The highest BCUT2D eigenvalue weighted by Crippen LogP contribution is 2.34. The van der Waals surface area contributed by atoms with Gasteiger partial charge >= 0.3 is 0 Å². The summed E-state index contributed by atoms with van der Waals surface area (Å²) in [5.41, 5.74) is 1.70. The van der Waals surface area contributed by atoms with Crippen molar-refractivity contribution in [3.8, 4) is 10.4 Å². The van der Waals surface area contributed by atoms with Gasteiger partial charge in [0.1, 0.15) is 16.5 Å². The van der Waals surface area contributed by atoms with Gasteiger partial charge in [-0.1, -0.05) is 18.2 Å². The molecule has 0 aliphatic carbocycles. The number of hydrogen-bond donors (Lipinski definition) is 1. The number of fused-ring (bicyclic) bond motifs is 1. The van der Waals surface area contributed by atoms with Crippen LogP contribution in [0.3, 0.4) is 0 Å². The average Bonchev–Trinajstić information content (AvgIpc) is 3.30. The van der Waals surface area contributed by atoms with E-state index in [1.807, 2.05) is 47.8 Å². The molecule has 4 aromatic rings. The predicted octanol–water partition coefficient (Wildman–Crippen LogP) is 5.05. The zero-order chi connectivity index (χ0) is 19.0. The molecule has 0 unspecified atom stereocenters. The standard InChI is InChI=1S/C20H18FN3OS2/c1-12(24(2)10-13-5-3-6-14(21)9-13)18-22-19(25)17-15(11-27-20(17)23-18)16-7-4-8-26-16/h3-9,11-12H,10H2,1-2H3,(H,22,23,25)/t12-/m1/s1. The first-order valence-electron chi connectivity index (χ1n) is 8.53. The van der Waals surface area contributed by atoms with Crippen molar-refractivity contribution in [2.45, 2.75) is 19.5 Å². The number of nitrogens with zero attached hydrogens (tertiary/aromatic N) is 2. The van der Waals surface area contributed by atoms with E-state index in [9.17, 15) is 9.18 Å². The molecule has 3 heterocycles. The Morgan fingerprint density at radius 1 is 1.26 bits per heavy atom. The maximum Gasteiger partial charge on any atom is 0.260 e. The van der Waals surface area contributed by atoms with E-state index >= 15 is 0 Å². The number of H-pyrrole nitrogens is 1. The summed E-state index contributed by atoms with van der Waals surface area (Å²) in [4.78, 5) is 24.2. The Labute approximate surface area is 163 Å². The number of benzene rings is 1. The van der Waals surface area contributed by atoms with Crippen LogP contribution in [0.2, 0.25) is 0 Å². The minimum absolute atomic E-state index is 0.113. The number of hydrogen-bond acceptors (Lipinski definition) is 5. The Balaban J connectivity index is 1.64. The molecule has 0 saturated carbocycles. The SMILES string of the molecule is C[C@H](c1nc2scc(-c3cccs3)c2c(=O)[nH]1)N(C)Cc1cccc(F)c1. The number of aromatic nitrogens is 2. The molecule has 0 bridgehead atoms. The van der Waals surface area contributed by atoms with E-state index in [4.69, 9.17) is 4.98 Å². The summed E-state index contributed by atoms with van der Waals surface area (Å²) in [6, 6.07) is 10.4. The molecule has 0 fully saturated rings. The van der Waals surface area contributed by atoms with Gasteiger partial charge in [0.25, 0.3) is 5.56 Å². The molecule has 0 amide bonds. The van der Waals surface area contributed by atoms with Crippen LogP contribution >= 0.6 is 22.7 Å². The lowest BCUT2D eigenvalue weighted by Gasteiger charge is -2.24. The largest absolute Gasteiger partial charge is 0.309 e. The molecule has 27 heavy (non-hydrogen) atoms. The zero-order valence-electron chi connectivity index (χ0n) is 14.9. The lowest BCUT2D eigenvalue weighted by atomic mass is 10.1. The molecule has 1 N–H and O–H groups in total. The summed E-state index contributed by atoms with van der Waals surface area (Å²) in [5, 5.41) is 4.63. The predicted molar refractivity (Wildman–Crippen MR) is 110 cm³/mol. The Morgan fingerprint density at radius 3 is 2.85 bits per heavy atom. The summed E-state index contributed by atoms with van der Waals surface area (Å²) < 4.78 is 13.4. The van der Waals surface area contributed by atoms with E-state index in [0.29, 0.717) is 17.8 Å². The van der Waals surface area contributed by atoms with E-state index < -0.39 is 0 Å². The third kappa shape index (κ3) is 3.58. The summed E-state index contributed by atoms with van der Waals surface area (Å²) in [5.74, 6) is 0.368. The van der Waals surface area contributed by atoms with Crippen LogP contribution < -0.4 is 5.56 Å². The molecule has 138 valence electrons. The van der Waals surface area contributed by atoms with E-state index in [1.165, 1.54) is 23.5 Å². The van der Waals surface area contributed by atoms with Gasteiger partial charge in [0.15, 0.2) is 0 Å². The first-order chi connectivity index (χ1) is 13.0. The molecule has 1 aromatic carbocycles. The third-order valence-corrected chi connectivity index (χ3v) is 6.40. The van der Waals surface area contributed by atoms with Crippen LogP contribution in [0.25, 0.3) is 20.7 Å². The van der Waals surface area contributed by atoms with Gasteiger partial charge in [-0.15, -0.1) is 22.7 Å². The monoisotopic (exact) mass is 399 g/mol. The van der Waals surface area contributed by atoms with Crippen LogP contribution in [-0.2, 0) is 6.54 Å². The van der Waals surface area contributed by atoms with Gasteiger partial charge in [-0.05, 0) is 43.1 Å². The Bertz CT molecular complexity index is 1130. The molecule has 1 atom stereocenters. The van der Waals surface area contributed by atoms with Crippen molar-refractivity contribution in [3.05, 3.63) is 74.7 Å². The fourth-order valence-electron chi connectivity index (χ4n) is 3.05. The molecule has 0 aliphatic heterocycles. The van der Waals surface area contributed by atoms with E-state index in [-0.39, 0.29) is 17.4 Å². The van der Waals surface area contributed by atoms with Crippen LogP contribution in [0, 0.1) is 5.82 Å². The van der Waals surface area contributed by atoms with Gasteiger partial charge < -0.3 is 4.98 Å². The van der Waals surface area contributed by atoms with E-state index in [0.717, 1.165) is 20.8 Å². The lowest BCUT2D eigenvalue weighted by molar-refractivity contribution is 0.243. The maximum atomic E-state index is 13.4. The molecular weight excluding hydrogens is 381 g/mol. The van der Waals surface area contributed by atoms with Gasteiger partial charge in [0.2, 0.25) is 0 Å². The van der Waals surface area contributed by atoms with Crippen molar-refractivity contribution in [1.29, 1.82) is 0 Å². The van der Waals surface area contributed by atoms with Gasteiger partial charge in [-0.3, -0.25) is 9.69 Å².